The minimum absolute atomic E-state index is 0.676. The number of hydrogen-bond donors (Lipinski definition) is 1. The monoisotopic (exact) mass is 137 g/mol. The molecule has 2 N–H and O–H groups in total. The minimum Gasteiger partial charge on any atom is -0.369 e. The number of imidazole rings is 1. The maximum Gasteiger partial charge on any atom is 0.200 e. The molecule has 10 heavy (non-hydrogen) atoms. The maximum absolute atomic E-state index is 5.61. The van der Waals surface area contributed by atoms with Crippen LogP contribution in [0, 0.1) is 0 Å². The largest absolute Gasteiger partial charge is 0.369 e. The predicted octanol–water partition coefficient (Wildman–Crippen LogP) is 0.802. The van der Waals surface area contributed by atoms with E-state index in [4.69, 9.17) is 5.73 Å². The summed E-state index contributed by atoms with van der Waals surface area (Å²) in [5.74, 6) is 0.676. The van der Waals surface area contributed by atoms with Crippen molar-refractivity contribution in [3.8, 4) is 0 Å². The molecule has 1 aliphatic rings. The van der Waals surface area contributed by atoms with Crippen molar-refractivity contribution in [1.82, 2.24) is 9.55 Å². The second-order valence-electron chi connectivity index (χ2n) is 2.72. The fraction of sp³-hybridized carbons (Fsp3) is 0.571. The molecule has 1 aliphatic heterocycles. The molecule has 2 heterocycles. The highest BCUT2D eigenvalue weighted by atomic mass is 15.2. The van der Waals surface area contributed by atoms with E-state index in [0.29, 0.717) is 5.95 Å². The van der Waals surface area contributed by atoms with E-state index in [0.717, 1.165) is 13.0 Å². The zero-order valence-electron chi connectivity index (χ0n) is 5.88. The smallest absolute Gasteiger partial charge is 0.200 e. The van der Waals surface area contributed by atoms with E-state index >= 15 is 0 Å². The SMILES string of the molecule is Nc1ncc2n1CCCC2. The van der Waals surface area contributed by atoms with Crippen molar-refractivity contribution in [2.75, 3.05) is 5.73 Å². The Morgan fingerprint density at radius 1 is 1.50 bits per heavy atom. The summed E-state index contributed by atoms with van der Waals surface area (Å²) in [5, 5.41) is 0. The molecular weight excluding hydrogens is 126 g/mol. The lowest BCUT2D eigenvalue weighted by atomic mass is 10.1. The first kappa shape index (κ1) is 5.77. The first-order valence-electron chi connectivity index (χ1n) is 3.68. The number of nitrogens with zero attached hydrogens (tertiary/aromatic N) is 2. The van der Waals surface area contributed by atoms with Gasteiger partial charge in [-0.15, -0.1) is 0 Å². The van der Waals surface area contributed by atoms with Crippen LogP contribution in [-0.4, -0.2) is 9.55 Å². The molecule has 0 saturated heterocycles. The zero-order valence-corrected chi connectivity index (χ0v) is 5.88. The molecule has 0 spiro atoms. The van der Waals surface area contributed by atoms with Gasteiger partial charge in [-0.25, -0.2) is 4.98 Å². The topological polar surface area (TPSA) is 43.8 Å². The van der Waals surface area contributed by atoms with Crippen molar-refractivity contribution in [3.63, 3.8) is 0 Å². The van der Waals surface area contributed by atoms with Crippen molar-refractivity contribution in [2.24, 2.45) is 0 Å². The summed E-state index contributed by atoms with van der Waals surface area (Å²) in [7, 11) is 0. The summed E-state index contributed by atoms with van der Waals surface area (Å²) in [4.78, 5) is 4.04. The predicted molar refractivity (Wildman–Crippen MR) is 39.6 cm³/mol. The Morgan fingerprint density at radius 3 is 3.20 bits per heavy atom. The molecule has 0 radical (unpaired) electrons. The molecule has 0 atom stereocenters. The van der Waals surface area contributed by atoms with Crippen LogP contribution in [0.1, 0.15) is 18.5 Å². The van der Waals surface area contributed by atoms with Crippen LogP contribution in [0.25, 0.3) is 0 Å². The van der Waals surface area contributed by atoms with Crippen LogP contribution in [-0.2, 0) is 13.0 Å². The first-order chi connectivity index (χ1) is 4.88. The molecule has 0 aliphatic carbocycles. The number of hydrogen-bond acceptors (Lipinski definition) is 2. The van der Waals surface area contributed by atoms with Crippen LogP contribution in [0.15, 0.2) is 6.20 Å². The van der Waals surface area contributed by atoms with Crippen LogP contribution in [0.4, 0.5) is 5.95 Å². The summed E-state index contributed by atoms with van der Waals surface area (Å²) in [5.41, 5.74) is 6.91. The molecule has 1 aromatic heterocycles. The minimum atomic E-state index is 0.676. The van der Waals surface area contributed by atoms with Gasteiger partial charge in [-0.3, -0.25) is 0 Å². The van der Waals surface area contributed by atoms with Crippen molar-refractivity contribution in [3.05, 3.63) is 11.9 Å². The van der Waals surface area contributed by atoms with Crippen molar-refractivity contribution >= 4 is 5.95 Å². The van der Waals surface area contributed by atoms with Crippen LogP contribution in [0.5, 0.6) is 0 Å². The Bertz CT molecular complexity index is 239. The molecule has 3 nitrogen and oxygen atoms in total. The van der Waals surface area contributed by atoms with Crippen LogP contribution >= 0.6 is 0 Å². The van der Waals surface area contributed by atoms with Crippen molar-refractivity contribution in [2.45, 2.75) is 25.8 Å². The molecule has 0 fully saturated rings. The average molecular weight is 137 g/mol. The third-order valence-corrected chi connectivity index (χ3v) is 2.03. The second-order valence-corrected chi connectivity index (χ2v) is 2.72. The normalized spacial score (nSPS) is 16.8. The number of fused-ring (bicyclic) bond motifs is 1. The zero-order chi connectivity index (χ0) is 6.97. The van der Waals surface area contributed by atoms with Crippen LogP contribution < -0.4 is 5.73 Å². The third-order valence-electron chi connectivity index (χ3n) is 2.03. The van der Waals surface area contributed by atoms with E-state index in [-0.39, 0.29) is 0 Å². The van der Waals surface area contributed by atoms with Gasteiger partial charge >= 0.3 is 0 Å². The highest BCUT2D eigenvalue weighted by molar-refractivity contribution is 5.23. The van der Waals surface area contributed by atoms with E-state index in [2.05, 4.69) is 9.55 Å². The standard InChI is InChI=1S/C7H11N3/c8-7-9-5-6-3-1-2-4-10(6)7/h5H,1-4H2,(H2,8,9). The van der Waals surface area contributed by atoms with E-state index in [1.165, 1.54) is 18.5 Å². The van der Waals surface area contributed by atoms with Gasteiger partial charge < -0.3 is 10.3 Å². The summed E-state index contributed by atoms with van der Waals surface area (Å²) in [6.07, 6.45) is 5.55. The molecule has 0 amide bonds. The van der Waals surface area contributed by atoms with Gasteiger partial charge in [0.15, 0.2) is 5.95 Å². The van der Waals surface area contributed by atoms with E-state index in [9.17, 15) is 0 Å². The molecule has 0 aromatic carbocycles. The van der Waals surface area contributed by atoms with Crippen molar-refractivity contribution in [1.29, 1.82) is 0 Å². The maximum atomic E-state index is 5.61. The molecule has 1 aromatic rings. The first-order valence-corrected chi connectivity index (χ1v) is 3.68. The summed E-state index contributed by atoms with van der Waals surface area (Å²) in [6.45, 7) is 1.06. The van der Waals surface area contributed by atoms with E-state index in [1.54, 1.807) is 0 Å². The Kier molecular flexibility index (Phi) is 1.16. The van der Waals surface area contributed by atoms with E-state index in [1.807, 2.05) is 6.20 Å². The second kappa shape index (κ2) is 2.01. The van der Waals surface area contributed by atoms with E-state index < -0.39 is 0 Å². The quantitative estimate of drug-likeness (QED) is 0.574. The number of nitrogen functional groups attached to an aromatic ring is 1. The highest BCUT2D eigenvalue weighted by Crippen LogP contribution is 2.16. The molecule has 54 valence electrons. The lowest BCUT2D eigenvalue weighted by molar-refractivity contribution is 0.538. The fourth-order valence-corrected chi connectivity index (χ4v) is 1.46. The van der Waals surface area contributed by atoms with Gasteiger partial charge in [-0.2, -0.15) is 0 Å². The molecule has 0 bridgehead atoms. The van der Waals surface area contributed by atoms with Crippen LogP contribution in [0.2, 0.25) is 0 Å². The Hall–Kier alpha value is -0.990. The van der Waals surface area contributed by atoms with Gasteiger partial charge in [0, 0.05) is 12.2 Å². The van der Waals surface area contributed by atoms with Gasteiger partial charge in [0.05, 0.1) is 6.20 Å². The lowest BCUT2D eigenvalue weighted by Gasteiger charge is -2.14. The fourth-order valence-electron chi connectivity index (χ4n) is 1.46. The van der Waals surface area contributed by atoms with Gasteiger partial charge in [-0.05, 0) is 19.3 Å². The Morgan fingerprint density at radius 2 is 2.40 bits per heavy atom. The van der Waals surface area contributed by atoms with Crippen molar-refractivity contribution < 1.29 is 0 Å². The Labute approximate surface area is 59.9 Å². The summed E-state index contributed by atoms with van der Waals surface area (Å²) < 4.78 is 2.10. The number of rotatable bonds is 0. The Balaban J connectivity index is 2.45. The van der Waals surface area contributed by atoms with Gasteiger partial charge in [-0.1, -0.05) is 0 Å². The number of nitrogens with two attached hydrogens (primary N) is 1. The number of anilines is 1. The molecule has 3 heteroatoms. The summed E-state index contributed by atoms with van der Waals surface area (Å²) >= 11 is 0. The lowest BCUT2D eigenvalue weighted by Crippen LogP contribution is -2.11. The highest BCUT2D eigenvalue weighted by Gasteiger charge is 2.10. The average Bonchev–Trinajstić information content (AvgIpc) is 2.34. The summed E-state index contributed by atoms with van der Waals surface area (Å²) in [6, 6.07) is 0. The molecule has 2 rings (SSSR count). The van der Waals surface area contributed by atoms with Gasteiger partial charge in [0.2, 0.25) is 0 Å². The number of aromatic nitrogens is 2. The van der Waals surface area contributed by atoms with Gasteiger partial charge in [0.25, 0.3) is 0 Å². The number of aryl methyl sites for hydroxylation is 1. The third kappa shape index (κ3) is 0.701. The molecular formula is C7H11N3. The van der Waals surface area contributed by atoms with Gasteiger partial charge in [0.1, 0.15) is 0 Å². The molecule has 0 saturated carbocycles. The molecule has 0 unspecified atom stereocenters. The van der Waals surface area contributed by atoms with Crippen LogP contribution in [0.3, 0.4) is 0 Å².